The van der Waals surface area contributed by atoms with E-state index in [9.17, 15) is 4.79 Å². The minimum absolute atomic E-state index is 0.0910. The molecule has 0 N–H and O–H groups in total. The van der Waals surface area contributed by atoms with Crippen molar-refractivity contribution in [3.63, 3.8) is 0 Å². The van der Waals surface area contributed by atoms with Crippen LogP contribution in [0.5, 0.6) is 0 Å². The normalized spacial score (nSPS) is 59.1. The monoisotopic (exact) mass is 362 g/mol. The van der Waals surface area contributed by atoms with Crippen LogP contribution in [-0.4, -0.2) is 42.7 Å². The van der Waals surface area contributed by atoms with Crippen LogP contribution in [0.1, 0.15) is 47.0 Å². The predicted molar refractivity (Wildman–Crippen MR) is 91.1 cm³/mol. The quantitative estimate of drug-likeness (QED) is 0.531. The summed E-state index contributed by atoms with van der Waals surface area (Å²) in [6, 6.07) is 0. The molecule has 0 aromatic heterocycles. The molecule has 0 aromatic rings. The van der Waals surface area contributed by atoms with Crippen molar-refractivity contribution < 1.29 is 23.4 Å². The van der Waals surface area contributed by atoms with Crippen molar-refractivity contribution in [2.24, 2.45) is 28.6 Å². The van der Waals surface area contributed by atoms with E-state index in [1.807, 2.05) is 6.92 Å². The van der Waals surface area contributed by atoms with E-state index in [0.717, 1.165) is 24.0 Å². The first-order valence-corrected chi connectivity index (χ1v) is 10.1. The number of esters is 1. The second kappa shape index (κ2) is 4.22. The number of carbonyl (C=O) groups excluding carboxylic acids is 1. The molecule has 26 heavy (non-hydrogen) atoms. The highest BCUT2D eigenvalue weighted by molar-refractivity contribution is 5.92. The Labute approximate surface area is 153 Å². The Morgan fingerprint density at radius 3 is 2.77 bits per heavy atom. The first-order valence-electron chi connectivity index (χ1n) is 10.1. The van der Waals surface area contributed by atoms with E-state index >= 15 is 4.39 Å². The number of epoxide rings is 1. The molecule has 2 saturated heterocycles. The lowest BCUT2D eigenvalue weighted by atomic mass is 9.49. The van der Waals surface area contributed by atoms with E-state index in [0.29, 0.717) is 25.6 Å². The molecule has 4 nitrogen and oxygen atoms in total. The number of hydrogen-bond donors (Lipinski definition) is 0. The number of alkyl halides is 1. The van der Waals surface area contributed by atoms with Gasteiger partial charge in [0.1, 0.15) is 24.0 Å². The molecule has 0 bridgehead atoms. The highest BCUT2D eigenvalue weighted by atomic mass is 19.1. The minimum atomic E-state index is -1.01. The van der Waals surface area contributed by atoms with E-state index in [2.05, 4.69) is 20.8 Å². The van der Waals surface area contributed by atoms with Gasteiger partial charge in [-0.3, -0.25) is 0 Å². The van der Waals surface area contributed by atoms with Crippen molar-refractivity contribution in [2.45, 2.75) is 70.4 Å². The zero-order valence-electron chi connectivity index (χ0n) is 15.9. The molecule has 0 aromatic carbocycles. The van der Waals surface area contributed by atoms with Crippen LogP contribution in [0.3, 0.4) is 0 Å². The lowest BCUT2D eigenvalue weighted by Crippen LogP contribution is -2.71. The summed E-state index contributed by atoms with van der Waals surface area (Å²) in [5, 5.41) is 0. The fourth-order valence-corrected chi connectivity index (χ4v) is 7.75. The van der Waals surface area contributed by atoms with Gasteiger partial charge in [0.05, 0.1) is 12.7 Å². The molecule has 0 unspecified atom stereocenters. The number of carbonyl (C=O) groups is 1. The molecular formula is C21H27FO4. The van der Waals surface area contributed by atoms with Crippen LogP contribution in [0.4, 0.5) is 4.39 Å². The Morgan fingerprint density at radius 1 is 1.27 bits per heavy atom. The molecule has 5 heteroatoms. The lowest BCUT2D eigenvalue weighted by molar-refractivity contribution is -0.244. The van der Waals surface area contributed by atoms with E-state index in [1.165, 1.54) is 0 Å². The third-order valence-electron chi connectivity index (χ3n) is 9.37. The van der Waals surface area contributed by atoms with Crippen LogP contribution < -0.4 is 0 Å². The van der Waals surface area contributed by atoms with Gasteiger partial charge in [-0.05, 0) is 43.6 Å². The van der Waals surface area contributed by atoms with Gasteiger partial charge in [0.15, 0.2) is 0 Å². The number of hydrogen-bond acceptors (Lipinski definition) is 4. The van der Waals surface area contributed by atoms with Gasteiger partial charge in [-0.15, -0.1) is 0 Å². The Morgan fingerprint density at radius 2 is 2.04 bits per heavy atom. The van der Waals surface area contributed by atoms with Gasteiger partial charge in [-0.2, -0.15) is 0 Å². The van der Waals surface area contributed by atoms with Crippen LogP contribution in [0.15, 0.2) is 11.1 Å². The molecule has 1 spiro atoms. The summed E-state index contributed by atoms with van der Waals surface area (Å²) in [5.74, 6) is 0.515. The second-order valence-corrected chi connectivity index (χ2v) is 10.2. The first-order chi connectivity index (χ1) is 12.2. The summed E-state index contributed by atoms with van der Waals surface area (Å²) in [6.45, 7) is 9.31. The van der Waals surface area contributed by atoms with E-state index in [-0.39, 0.29) is 34.7 Å². The van der Waals surface area contributed by atoms with Gasteiger partial charge >= 0.3 is 5.97 Å². The van der Waals surface area contributed by atoms with Crippen molar-refractivity contribution in [1.82, 2.24) is 0 Å². The molecule has 0 amide bonds. The summed E-state index contributed by atoms with van der Waals surface area (Å²) in [4.78, 5) is 12.0. The summed E-state index contributed by atoms with van der Waals surface area (Å²) in [7, 11) is 0. The summed E-state index contributed by atoms with van der Waals surface area (Å²) < 4.78 is 34.3. The van der Waals surface area contributed by atoms with Gasteiger partial charge < -0.3 is 14.2 Å². The average Bonchev–Trinajstić information content (AvgIpc) is 3.46. The first kappa shape index (κ1) is 16.1. The van der Waals surface area contributed by atoms with Crippen molar-refractivity contribution in [3.05, 3.63) is 11.1 Å². The van der Waals surface area contributed by atoms with Crippen molar-refractivity contribution in [1.29, 1.82) is 0 Å². The maximum atomic E-state index is 16.1. The smallest absolute Gasteiger partial charge is 0.334 e. The van der Waals surface area contributed by atoms with Crippen LogP contribution >= 0.6 is 0 Å². The zero-order valence-corrected chi connectivity index (χ0v) is 15.9. The van der Waals surface area contributed by atoms with Crippen LogP contribution in [-0.2, 0) is 19.0 Å². The van der Waals surface area contributed by atoms with E-state index in [1.54, 1.807) is 0 Å². The largest absolute Gasteiger partial charge is 0.458 e. The Kier molecular flexibility index (Phi) is 2.61. The molecule has 6 aliphatic rings. The third kappa shape index (κ3) is 1.32. The summed E-state index contributed by atoms with van der Waals surface area (Å²) >= 11 is 0. The highest BCUT2D eigenvalue weighted by Gasteiger charge is 2.92. The van der Waals surface area contributed by atoms with Crippen LogP contribution in [0, 0.1) is 28.6 Å². The molecule has 142 valence electrons. The molecule has 2 saturated carbocycles. The van der Waals surface area contributed by atoms with Crippen LogP contribution in [0.2, 0.25) is 0 Å². The maximum absolute atomic E-state index is 16.1. The topological polar surface area (TPSA) is 48.1 Å². The molecule has 3 aliphatic heterocycles. The van der Waals surface area contributed by atoms with E-state index in [4.69, 9.17) is 14.2 Å². The van der Waals surface area contributed by atoms with Gasteiger partial charge in [-0.25, -0.2) is 9.18 Å². The number of cyclic esters (lactones) is 1. The summed E-state index contributed by atoms with van der Waals surface area (Å²) in [6.07, 6.45) is 1.55. The molecular weight excluding hydrogens is 335 g/mol. The lowest BCUT2D eigenvalue weighted by Gasteiger charge is -2.60. The Hall–Kier alpha value is -0.940. The molecule has 0 radical (unpaired) electrons. The number of ether oxygens (including phenoxy) is 3. The van der Waals surface area contributed by atoms with Crippen molar-refractivity contribution in [3.8, 4) is 0 Å². The molecule has 3 aliphatic carbocycles. The van der Waals surface area contributed by atoms with Gasteiger partial charge in [-0.1, -0.05) is 20.8 Å². The fourth-order valence-electron chi connectivity index (χ4n) is 7.75. The average molecular weight is 362 g/mol. The standard InChI is InChI=1S/C21H27FO4/c1-10(2)20-7-13(20)15-21(26-15)18(3)6-5-11-12(8-24-16(11)23)14(18)9-25-19(21,4)17(20)22/h10,13-15,17H,5-9H2,1-4H3/t13-,14-,15-,17-,18-,19+,20+,21+/m0/s1. The molecule has 6 rings (SSSR count). The van der Waals surface area contributed by atoms with E-state index < -0.39 is 17.4 Å². The SMILES string of the molecule is CC(C)[C@]12C[C@H]1[C@@H]1O[C@@]13[C@@]1(C)CCC4=C(COC4=O)[C@@H]1CO[C@]3(C)[C@@H]2F. The number of halogens is 1. The van der Waals surface area contributed by atoms with Gasteiger partial charge in [0.2, 0.25) is 0 Å². The Balaban J connectivity index is 1.48. The Bertz CT molecular complexity index is 776. The highest BCUT2D eigenvalue weighted by Crippen LogP contribution is 2.82. The van der Waals surface area contributed by atoms with Crippen LogP contribution in [0.25, 0.3) is 0 Å². The molecule has 8 atom stereocenters. The van der Waals surface area contributed by atoms with Gasteiger partial charge in [0.25, 0.3) is 0 Å². The van der Waals surface area contributed by atoms with Crippen molar-refractivity contribution >= 4 is 5.97 Å². The molecule has 4 fully saturated rings. The predicted octanol–water partition coefficient (Wildman–Crippen LogP) is 3.20. The second-order valence-electron chi connectivity index (χ2n) is 10.2. The van der Waals surface area contributed by atoms with Crippen molar-refractivity contribution in [2.75, 3.05) is 13.2 Å². The molecule has 3 heterocycles. The fraction of sp³-hybridized carbons (Fsp3) is 0.857. The maximum Gasteiger partial charge on any atom is 0.334 e. The minimum Gasteiger partial charge on any atom is -0.458 e. The summed E-state index contributed by atoms with van der Waals surface area (Å²) in [5.41, 5.74) is -0.0275. The zero-order chi connectivity index (χ0) is 18.3. The number of fused-ring (bicyclic) bond motifs is 4. The number of rotatable bonds is 1. The van der Waals surface area contributed by atoms with Gasteiger partial charge in [0, 0.05) is 22.3 Å². The third-order valence-corrected chi connectivity index (χ3v) is 9.37.